The van der Waals surface area contributed by atoms with Crippen molar-refractivity contribution in [1.82, 2.24) is 8.47 Å². The number of aromatic nitrogens is 2. The highest BCUT2D eigenvalue weighted by atomic mass is 28.3. The minimum atomic E-state index is -3.03. The second-order valence-electron chi connectivity index (χ2n) is 13.7. The molecule has 2 aliphatic rings. The van der Waals surface area contributed by atoms with Gasteiger partial charge in [0.1, 0.15) is 0 Å². The highest BCUT2D eigenvalue weighted by Gasteiger charge is 2.55. The molecule has 0 atom stereocenters. The topological polar surface area (TPSA) is 9.86 Å². The average Bonchev–Trinajstić information content (AvgIpc) is 3.80. The summed E-state index contributed by atoms with van der Waals surface area (Å²) in [7, 11) is -3.03. The van der Waals surface area contributed by atoms with Gasteiger partial charge in [0.25, 0.3) is 0 Å². The summed E-state index contributed by atoms with van der Waals surface area (Å²) in [6, 6.07) is 64.0. The summed E-state index contributed by atoms with van der Waals surface area (Å²) in [4.78, 5) is 0. The third-order valence-electron chi connectivity index (χ3n) is 11.4. The Morgan fingerprint density at radius 3 is 1.29 bits per heavy atom. The van der Waals surface area contributed by atoms with E-state index in [2.05, 4.69) is 178 Å². The van der Waals surface area contributed by atoms with Gasteiger partial charge >= 0.3 is 8.40 Å². The van der Waals surface area contributed by atoms with Crippen molar-refractivity contribution >= 4 is 73.2 Å². The minimum absolute atomic E-state index is 1.25. The first-order valence-corrected chi connectivity index (χ1v) is 19.0. The van der Waals surface area contributed by atoms with Gasteiger partial charge in [0.2, 0.25) is 0 Å². The summed E-state index contributed by atoms with van der Waals surface area (Å²) in [5.41, 5.74) is 13.1. The van der Waals surface area contributed by atoms with Gasteiger partial charge in [-0.1, -0.05) is 146 Å². The fourth-order valence-electron chi connectivity index (χ4n) is 9.48. The lowest BCUT2D eigenvalue weighted by molar-refractivity contribution is 1.15. The van der Waals surface area contributed by atoms with Crippen LogP contribution in [0, 0.1) is 0 Å². The van der Waals surface area contributed by atoms with E-state index in [1.807, 2.05) is 0 Å². The number of fused-ring (bicyclic) bond motifs is 13. The quantitative estimate of drug-likeness (QED) is 0.167. The van der Waals surface area contributed by atoms with Gasteiger partial charge in [-0.05, 0) is 73.4 Å². The third-order valence-corrected chi connectivity index (χ3v) is 16.0. The number of para-hydroxylation sites is 2. The Labute approximate surface area is 283 Å². The van der Waals surface area contributed by atoms with Crippen LogP contribution in [0.15, 0.2) is 170 Å². The average molecular weight is 637 g/mol. The Morgan fingerprint density at radius 1 is 0.347 bits per heavy atom. The van der Waals surface area contributed by atoms with Gasteiger partial charge in [-0.15, -0.1) is 0 Å². The van der Waals surface area contributed by atoms with Crippen molar-refractivity contribution < 1.29 is 0 Å². The second-order valence-corrected chi connectivity index (χ2v) is 17.0. The van der Waals surface area contributed by atoms with E-state index in [1.165, 1.54) is 98.1 Å². The largest absolute Gasteiger partial charge is 0.341 e. The van der Waals surface area contributed by atoms with E-state index in [-0.39, 0.29) is 0 Å². The van der Waals surface area contributed by atoms with E-state index >= 15 is 0 Å². The van der Waals surface area contributed by atoms with Crippen LogP contribution in [0.25, 0.3) is 87.8 Å². The van der Waals surface area contributed by atoms with Crippen LogP contribution in [0.5, 0.6) is 0 Å². The Bertz CT molecular complexity index is 2840. The third kappa shape index (κ3) is 3.04. The fourth-order valence-corrected chi connectivity index (χ4v) is 14.9. The molecule has 0 saturated heterocycles. The molecule has 0 amide bonds. The highest BCUT2D eigenvalue weighted by molar-refractivity contribution is 7.05. The SMILES string of the molecule is c1ccc(-c2ccc3c(c2)-c2cc(-c4ccccc4)ccc2[Si]32n3c4ccccc4c4ccc5ccc6c7ccccc7n2c6c5c43)cc1. The molecule has 8 aromatic carbocycles. The van der Waals surface area contributed by atoms with Crippen molar-refractivity contribution in [3.63, 3.8) is 0 Å². The van der Waals surface area contributed by atoms with Gasteiger partial charge in [-0.3, -0.25) is 0 Å². The molecule has 1 spiro atoms. The molecule has 10 aromatic rings. The van der Waals surface area contributed by atoms with Crippen molar-refractivity contribution in [2.24, 2.45) is 0 Å². The summed E-state index contributed by atoms with van der Waals surface area (Å²) in [5.74, 6) is 0. The number of benzene rings is 8. The lowest BCUT2D eigenvalue weighted by Crippen LogP contribution is -2.68. The first-order chi connectivity index (χ1) is 24.3. The van der Waals surface area contributed by atoms with Crippen molar-refractivity contribution in [2.75, 3.05) is 0 Å². The molecule has 0 bridgehead atoms. The smallest absolute Gasteiger partial charge is 0.341 e. The normalized spacial score (nSPS) is 13.9. The number of nitrogens with zero attached hydrogens (tertiary/aromatic N) is 2. The zero-order valence-corrected chi connectivity index (χ0v) is 27.6. The maximum Gasteiger partial charge on any atom is 0.341 e. The van der Waals surface area contributed by atoms with E-state index in [1.54, 1.807) is 0 Å². The Morgan fingerprint density at radius 2 is 0.796 bits per heavy atom. The zero-order valence-electron chi connectivity index (χ0n) is 26.6. The molecule has 0 saturated carbocycles. The lowest BCUT2D eigenvalue weighted by atomic mass is 9.96. The van der Waals surface area contributed by atoms with E-state index in [0.717, 1.165) is 0 Å². The molecule has 4 heterocycles. The monoisotopic (exact) mass is 636 g/mol. The van der Waals surface area contributed by atoms with E-state index < -0.39 is 8.40 Å². The number of rotatable bonds is 2. The molecule has 0 fully saturated rings. The van der Waals surface area contributed by atoms with Crippen LogP contribution in [0.4, 0.5) is 0 Å². The van der Waals surface area contributed by atoms with Crippen LogP contribution < -0.4 is 10.4 Å². The first-order valence-electron chi connectivity index (χ1n) is 17.1. The molecule has 49 heavy (non-hydrogen) atoms. The fraction of sp³-hybridized carbons (Fsp3) is 0. The maximum atomic E-state index is 2.84. The molecule has 0 unspecified atom stereocenters. The molecule has 0 N–H and O–H groups in total. The van der Waals surface area contributed by atoms with Crippen molar-refractivity contribution in [1.29, 1.82) is 0 Å². The molecule has 2 aromatic heterocycles. The second kappa shape index (κ2) is 9.04. The summed E-state index contributed by atoms with van der Waals surface area (Å²) in [5, 5.41) is 10.9. The van der Waals surface area contributed by atoms with Crippen LogP contribution in [0.1, 0.15) is 0 Å². The summed E-state index contributed by atoms with van der Waals surface area (Å²) < 4.78 is 5.68. The van der Waals surface area contributed by atoms with Crippen molar-refractivity contribution in [2.45, 2.75) is 0 Å². The summed E-state index contributed by atoms with van der Waals surface area (Å²) in [6.07, 6.45) is 0. The van der Waals surface area contributed by atoms with E-state index in [4.69, 9.17) is 0 Å². The highest BCUT2D eigenvalue weighted by Crippen LogP contribution is 2.49. The molecule has 0 aliphatic carbocycles. The summed E-state index contributed by atoms with van der Waals surface area (Å²) in [6.45, 7) is 0. The van der Waals surface area contributed by atoms with Gasteiger partial charge < -0.3 is 8.47 Å². The van der Waals surface area contributed by atoms with Gasteiger partial charge in [0.05, 0.1) is 11.0 Å². The Balaban J connectivity index is 1.34. The van der Waals surface area contributed by atoms with Crippen molar-refractivity contribution in [3.8, 4) is 33.4 Å². The molecule has 2 nitrogen and oxygen atoms in total. The molecule has 12 rings (SSSR count). The van der Waals surface area contributed by atoms with E-state index in [9.17, 15) is 0 Å². The predicted octanol–water partition coefficient (Wildman–Crippen LogP) is 10.3. The molecule has 0 radical (unpaired) electrons. The molecular formula is C46H28N2Si. The van der Waals surface area contributed by atoms with Crippen LogP contribution in [-0.2, 0) is 0 Å². The predicted molar refractivity (Wildman–Crippen MR) is 209 cm³/mol. The van der Waals surface area contributed by atoms with Crippen LogP contribution in [0.3, 0.4) is 0 Å². The minimum Gasteiger partial charge on any atom is -0.341 e. The first kappa shape index (κ1) is 25.9. The van der Waals surface area contributed by atoms with Gasteiger partial charge in [0.15, 0.2) is 0 Å². The van der Waals surface area contributed by atoms with Crippen LogP contribution in [0.2, 0.25) is 0 Å². The maximum absolute atomic E-state index is 3.03. The molecule has 226 valence electrons. The van der Waals surface area contributed by atoms with Gasteiger partial charge in [-0.2, -0.15) is 0 Å². The van der Waals surface area contributed by atoms with Gasteiger partial charge in [0, 0.05) is 38.0 Å². The number of hydrogen-bond donors (Lipinski definition) is 0. The van der Waals surface area contributed by atoms with Gasteiger partial charge in [-0.25, -0.2) is 0 Å². The molecule has 3 heteroatoms. The molecular weight excluding hydrogens is 609 g/mol. The van der Waals surface area contributed by atoms with Crippen molar-refractivity contribution in [3.05, 3.63) is 170 Å². The molecule has 2 aliphatic heterocycles. The van der Waals surface area contributed by atoms with Crippen LogP contribution in [-0.4, -0.2) is 16.9 Å². The Kier molecular flexibility index (Phi) is 4.77. The zero-order chi connectivity index (χ0) is 31.8. The Hall–Kier alpha value is -6.16. The standard InChI is InChI=1S/C46H28N2Si/c1-3-11-29(12-4-1)32-21-25-42-38(27-32)39-28-33(30-13-5-2-6-14-30)22-26-43(39)49(42)47-40-17-9-7-15-34(40)36-23-19-31-20-24-37-35-16-8-10-18-41(35)48(49)46(37)44(31)45(36)47/h1-28H. The lowest BCUT2D eigenvalue weighted by Gasteiger charge is -2.38. The van der Waals surface area contributed by atoms with Crippen LogP contribution >= 0.6 is 0 Å². The summed E-state index contributed by atoms with van der Waals surface area (Å²) >= 11 is 0. The number of hydrogen-bond acceptors (Lipinski definition) is 0. The van der Waals surface area contributed by atoms with E-state index in [0.29, 0.717) is 0 Å².